The maximum absolute atomic E-state index is 12.4. The van der Waals surface area contributed by atoms with E-state index in [1.165, 1.54) is 11.3 Å². The Balaban J connectivity index is 1.57. The van der Waals surface area contributed by atoms with Crippen LogP contribution in [0.25, 0.3) is 21.5 Å². The van der Waals surface area contributed by atoms with Crippen LogP contribution in [0.4, 0.5) is 5.13 Å². The summed E-state index contributed by atoms with van der Waals surface area (Å²) in [6.45, 7) is 0. The summed E-state index contributed by atoms with van der Waals surface area (Å²) in [5, 5.41) is 4.79. The van der Waals surface area contributed by atoms with Crippen molar-refractivity contribution >= 4 is 67.4 Å². The van der Waals surface area contributed by atoms with E-state index in [1.54, 1.807) is 48.5 Å². The van der Waals surface area contributed by atoms with Crippen LogP contribution in [0, 0.1) is 0 Å². The van der Waals surface area contributed by atoms with Crippen LogP contribution in [0.2, 0.25) is 15.1 Å². The van der Waals surface area contributed by atoms with Crippen molar-refractivity contribution in [3.8, 4) is 11.3 Å². The molecule has 8 heteroatoms. The number of hydrogen-bond acceptors (Lipinski definition) is 4. The fourth-order valence-electron chi connectivity index (χ4n) is 2.40. The van der Waals surface area contributed by atoms with E-state index in [0.29, 0.717) is 31.5 Å². The third-order valence-electron chi connectivity index (χ3n) is 3.60. The second kappa shape index (κ2) is 6.93. The van der Waals surface area contributed by atoms with Crippen molar-refractivity contribution in [1.29, 1.82) is 0 Å². The van der Waals surface area contributed by atoms with Gasteiger partial charge in [0.05, 0.1) is 15.2 Å². The van der Waals surface area contributed by atoms with E-state index < -0.39 is 5.91 Å². The molecule has 1 amide bonds. The summed E-state index contributed by atoms with van der Waals surface area (Å²) in [7, 11) is 0. The van der Waals surface area contributed by atoms with Gasteiger partial charge in [-0.3, -0.25) is 10.1 Å². The number of carbonyl (C=O) groups excluding carboxylic acids is 1. The fourth-order valence-corrected chi connectivity index (χ4v) is 4.04. The van der Waals surface area contributed by atoms with Gasteiger partial charge in [-0.05, 0) is 48.5 Å². The summed E-state index contributed by atoms with van der Waals surface area (Å²) >= 11 is 19.4. The minimum atomic E-state index is -0.397. The highest BCUT2D eigenvalue weighted by atomic mass is 35.5. The van der Waals surface area contributed by atoms with Crippen molar-refractivity contribution < 1.29 is 9.21 Å². The number of hydrogen-bond donors (Lipinski definition) is 1. The molecule has 0 radical (unpaired) electrons. The lowest BCUT2D eigenvalue weighted by atomic mass is 10.2. The Morgan fingerprint density at radius 1 is 1.00 bits per heavy atom. The Morgan fingerprint density at radius 2 is 1.77 bits per heavy atom. The second-order valence-electron chi connectivity index (χ2n) is 5.37. The van der Waals surface area contributed by atoms with Gasteiger partial charge in [-0.25, -0.2) is 4.98 Å². The maximum atomic E-state index is 12.4. The molecule has 2 aromatic heterocycles. The first-order valence-electron chi connectivity index (χ1n) is 7.42. The molecule has 4 rings (SSSR count). The molecule has 0 aliphatic carbocycles. The Kier molecular flexibility index (Phi) is 4.63. The van der Waals surface area contributed by atoms with Crippen molar-refractivity contribution in [3.63, 3.8) is 0 Å². The number of nitrogens with zero attached hydrogens (tertiary/aromatic N) is 1. The van der Waals surface area contributed by atoms with Crippen LogP contribution in [-0.2, 0) is 0 Å². The van der Waals surface area contributed by atoms with Gasteiger partial charge < -0.3 is 4.42 Å². The number of amides is 1. The van der Waals surface area contributed by atoms with Crippen LogP contribution in [0.1, 0.15) is 10.6 Å². The van der Waals surface area contributed by atoms with Gasteiger partial charge in [-0.15, -0.1) is 0 Å². The number of carbonyl (C=O) groups is 1. The molecule has 0 aliphatic heterocycles. The normalized spacial score (nSPS) is 11.0. The highest BCUT2D eigenvalue weighted by molar-refractivity contribution is 7.22. The highest BCUT2D eigenvalue weighted by Gasteiger charge is 2.16. The molecular weight excluding hydrogens is 415 g/mol. The van der Waals surface area contributed by atoms with E-state index in [0.717, 1.165) is 10.2 Å². The summed E-state index contributed by atoms with van der Waals surface area (Å²) in [6.07, 6.45) is 0. The Morgan fingerprint density at radius 3 is 2.58 bits per heavy atom. The summed E-state index contributed by atoms with van der Waals surface area (Å²) < 4.78 is 6.52. The predicted molar refractivity (Wildman–Crippen MR) is 107 cm³/mol. The first-order chi connectivity index (χ1) is 12.5. The van der Waals surface area contributed by atoms with Crippen molar-refractivity contribution in [3.05, 3.63) is 69.4 Å². The average molecular weight is 424 g/mol. The Hall–Kier alpha value is -2.05. The van der Waals surface area contributed by atoms with Crippen molar-refractivity contribution in [1.82, 2.24) is 4.98 Å². The molecule has 4 aromatic rings. The molecule has 4 nitrogen and oxygen atoms in total. The lowest BCUT2D eigenvalue weighted by Crippen LogP contribution is -2.10. The Labute approximate surface area is 167 Å². The summed E-state index contributed by atoms with van der Waals surface area (Å²) in [5.74, 6) is 0.239. The molecule has 1 N–H and O–H groups in total. The molecule has 0 fully saturated rings. The summed E-state index contributed by atoms with van der Waals surface area (Å²) in [6, 6.07) is 13.7. The molecule has 0 unspecified atom stereocenters. The summed E-state index contributed by atoms with van der Waals surface area (Å²) in [5.41, 5.74) is 1.42. The van der Waals surface area contributed by atoms with Crippen LogP contribution in [-0.4, -0.2) is 10.9 Å². The lowest BCUT2D eigenvalue weighted by Gasteiger charge is -2.01. The first kappa shape index (κ1) is 17.4. The van der Waals surface area contributed by atoms with Crippen LogP contribution in [0.3, 0.4) is 0 Å². The molecule has 0 atom stereocenters. The van der Waals surface area contributed by atoms with Gasteiger partial charge >= 0.3 is 0 Å². The molecule has 26 heavy (non-hydrogen) atoms. The fraction of sp³-hybridized carbons (Fsp3) is 0. The van der Waals surface area contributed by atoms with Gasteiger partial charge in [-0.1, -0.05) is 46.1 Å². The molecule has 2 heterocycles. The molecule has 0 saturated heterocycles. The monoisotopic (exact) mass is 422 g/mol. The van der Waals surface area contributed by atoms with Gasteiger partial charge in [-0.2, -0.15) is 0 Å². The number of nitrogens with one attached hydrogen (secondary N) is 1. The van der Waals surface area contributed by atoms with Gasteiger partial charge in [0.25, 0.3) is 5.91 Å². The van der Waals surface area contributed by atoms with Gasteiger partial charge in [0.2, 0.25) is 0 Å². The number of anilines is 1. The number of fused-ring (bicyclic) bond motifs is 1. The summed E-state index contributed by atoms with van der Waals surface area (Å²) in [4.78, 5) is 16.8. The molecule has 0 saturated carbocycles. The number of furan rings is 1. The largest absolute Gasteiger partial charge is 0.451 e. The van der Waals surface area contributed by atoms with Crippen molar-refractivity contribution in [2.24, 2.45) is 0 Å². The number of halogens is 3. The smallest absolute Gasteiger partial charge is 0.293 e. The number of thiazole rings is 1. The zero-order valence-corrected chi connectivity index (χ0v) is 16.0. The van der Waals surface area contributed by atoms with E-state index >= 15 is 0 Å². The third-order valence-corrected chi connectivity index (χ3v) is 5.31. The predicted octanol–water partition coefficient (Wildman–Crippen LogP) is 6.77. The van der Waals surface area contributed by atoms with Crippen molar-refractivity contribution in [2.75, 3.05) is 5.32 Å². The van der Waals surface area contributed by atoms with Gasteiger partial charge in [0.1, 0.15) is 5.76 Å². The second-order valence-corrected chi connectivity index (χ2v) is 7.68. The van der Waals surface area contributed by atoms with Gasteiger partial charge in [0, 0.05) is 15.6 Å². The van der Waals surface area contributed by atoms with Crippen LogP contribution in [0.15, 0.2) is 52.9 Å². The third kappa shape index (κ3) is 3.44. The quantitative estimate of drug-likeness (QED) is 0.395. The topological polar surface area (TPSA) is 55.1 Å². The minimum Gasteiger partial charge on any atom is -0.451 e. The van der Waals surface area contributed by atoms with E-state index in [1.807, 2.05) is 0 Å². The average Bonchev–Trinajstić information content (AvgIpc) is 3.21. The highest BCUT2D eigenvalue weighted by Crippen LogP contribution is 2.32. The zero-order valence-electron chi connectivity index (χ0n) is 12.9. The Bertz CT molecular complexity index is 1140. The maximum Gasteiger partial charge on any atom is 0.293 e. The SMILES string of the molecule is O=C(Nc1nc2ccc(Cl)cc2s1)c1ccc(-c2ccc(Cl)cc2Cl)o1. The van der Waals surface area contributed by atoms with E-state index in [4.69, 9.17) is 39.2 Å². The molecule has 0 aliphatic rings. The molecular formula is C18H9Cl3N2O2S. The molecule has 0 spiro atoms. The minimum absolute atomic E-state index is 0.156. The molecule has 0 bridgehead atoms. The molecule has 2 aromatic carbocycles. The number of rotatable bonds is 3. The van der Waals surface area contributed by atoms with Gasteiger partial charge in [0.15, 0.2) is 10.9 Å². The van der Waals surface area contributed by atoms with E-state index in [-0.39, 0.29) is 5.76 Å². The lowest BCUT2D eigenvalue weighted by molar-refractivity contribution is 0.0997. The van der Waals surface area contributed by atoms with Crippen LogP contribution >= 0.6 is 46.1 Å². The van der Waals surface area contributed by atoms with Crippen LogP contribution in [0.5, 0.6) is 0 Å². The first-order valence-corrected chi connectivity index (χ1v) is 9.37. The number of aromatic nitrogens is 1. The zero-order chi connectivity index (χ0) is 18.3. The van der Waals surface area contributed by atoms with E-state index in [9.17, 15) is 4.79 Å². The van der Waals surface area contributed by atoms with E-state index in [2.05, 4.69) is 10.3 Å². The molecule has 130 valence electrons. The standard InChI is InChI=1S/C18H9Cl3N2O2S/c19-9-1-3-11(12(21)7-9)14-5-6-15(25-14)17(24)23-18-22-13-4-2-10(20)8-16(13)26-18/h1-8H,(H,22,23,24). The van der Waals surface area contributed by atoms with Crippen LogP contribution < -0.4 is 5.32 Å². The number of benzene rings is 2. The van der Waals surface area contributed by atoms with Crippen molar-refractivity contribution in [2.45, 2.75) is 0 Å².